The number of hydrogen-bond donors (Lipinski definition) is 0. The van der Waals surface area contributed by atoms with E-state index in [2.05, 4.69) is 0 Å². The van der Waals surface area contributed by atoms with Crippen LogP contribution in [0.3, 0.4) is 0 Å². The molecule has 1 aromatic rings. The van der Waals surface area contributed by atoms with E-state index < -0.39 is 9.84 Å². The minimum absolute atomic E-state index is 0.0801. The van der Waals surface area contributed by atoms with Gasteiger partial charge >= 0.3 is 0 Å². The molecule has 72 valence electrons. The van der Waals surface area contributed by atoms with Crippen LogP contribution in [0.4, 0.5) is 0 Å². The van der Waals surface area contributed by atoms with E-state index in [1.807, 2.05) is 0 Å². The van der Waals surface area contributed by atoms with Crippen LogP contribution in [0.1, 0.15) is 0 Å². The second kappa shape index (κ2) is 4.27. The molecule has 0 bridgehead atoms. The molecule has 1 aromatic carbocycles. The molecule has 0 radical (unpaired) electrons. The third-order valence-electron chi connectivity index (χ3n) is 1.45. The van der Waals surface area contributed by atoms with E-state index in [0.717, 1.165) is 11.5 Å². The summed E-state index contributed by atoms with van der Waals surface area (Å²) < 4.78 is 22.9. The zero-order valence-corrected chi connectivity index (χ0v) is 8.59. The maximum absolute atomic E-state index is 11.4. The zero-order valence-electron chi connectivity index (χ0n) is 7.01. The van der Waals surface area contributed by atoms with Gasteiger partial charge in [-0.05, 0) is 18.2 Å². The van der Waals surface area contributed by atoms with E-state index in [-0.39, 0.29) is 4.90 Å². The van der Waals surface area contributed by atoms with Gasteiger partial charge in [-0.15, -0.1) is 0 Å². The van der Waals surface area contributed by atoms with Crippen LogP contribution in [0, 0.1) is 11.3 Å². The first-order valence-corrected chi connectivity index (χ1v) is 5.55. The van der Waals surface area contributed by atoms with Gasteiger partial charge in [-0.2, -0.15) is 5.26 Å². The standard InChI is InChI=1S/C9H6ClNO2S/c10-8-3-1-4-9(7-8)14(12,13)6-2-5-11/h1-4,6-7H. The van der Waals surface area contributed by atoms with Gasteiger partial charge in [-0.3, -0.25) is 0 Å². The summed E-state index contributed by atoms with van der Waals surface area (Å²) in [6.45, 7) is 0. The van der Waals surface area contributed by atoms with Gasteiger partial charge < -0.3 is 0 Å². The summed E-state index contributed by atoms with van der Waals surface area (Å²) in [5.41, 5.74) is 0. The van der Waals surface area contributed by atoms with Crippen LogP contribution in [-0.4, -0.2) is 8.42 Å². The molecule has 0 saturated carbocycles. The largest absolute Gasteiger partial charge is 0.219 e. The van der Waals surface area contributed by atoms with Crippen LogP contribution >= 0.6 is 11.6 Å². The van der Waals surface area contributed by atoms with Crippen molar-refractivity contribution in [3.8, 4) is 6.07 Å². The van der Waals surface area contributed by atoms with Gasteiger partial charge in [0.15, 0.2) is 0 Å². The van der Waals surface area contributed by atoms with Gasteiger partial charge in [0.2, 0.25) is 9.84 Å². The molecule has 0 heterocycles. The fourth-order valence-electron chi connectivity index (χ4n) is 0.843. The van der Waals surface area contributed by atoms with Crippen LogP contribution in [0.2, 0.25) is 5.02 Å². The van der Waals surface area contributed by atoms with Crippen molar-refractivity contribution in [3.63, 3.8) is 0 Å². The molecule has 0 aliphatic heterocycles. The van der Waals surface area contributed by atoms with Gasteiger partial charge in [0, 0.05) is 16.5 Å². The number of benzene rings is 1. The first kappa shape index (κ1) is 10.8. The van der Waals surface area contributed by atoms with Crippen molar-refractivity contribution in [1.29, 1.82) is 5.26 Å². The first-order chi connectivity index (χ1) is 6.56. The Morgan fingerprint density at radius 3 is 2.71 bits per heavy atom. The molecule has 1 rings (SSSR count). The van der Waals surface area contributed by atoms with Gasteiger partial charge in [0.05, 0.1) is 11.0 Å². The molecule has 3 nitrogen and oxygen atoms in total. The fourth-order valence-corrected chi connectivity index (χ4v) is 2.05. The van der Waals surface area contributed by atoms with Crippen molar-refractivity contribution >= 4 is 21.4 Å². The Labute approximate surface area is 87.2 Å². The number of nitriles is 1. The molecule has 0 atom stereocenters. The molecule has 0 aliphatic rings. The van der Waals surface area contributed by atoms with Gasteiger partial charge in [-0.1, -0.05) is 17.7 Å². The van der Waals surface area contributed by atoms with Crippen molar-refractivity contribution in [2.75, 3.05) is 0 Å². The summed E-state index contributed by atoms with van der Waals surface area (Å²) in [5.74, 6) is 0. The Morgan fingerprint density at radius 1 is 1.43 bits per heavy atom. The Bertz CT molecular complexity index is 500. The molecule has 0 N–H and O–H groups in total. The normalized spacial score (nSPS) is 11.4. The molecule has 14 heavy (non-hydrogen) atoms. The maximum atomic E-state index is 11.4. The Kier molecular flexibility index (Phi) is 3.28. The summed E-state index contributed by atoms with van der Waals surface area (Å²) in [6.07, 6.45) is 0.913. The lowest BCUT2D eigenvalue weighted by molar-refractivity contribution is 0.604. The minimum Gasteiger partial charge on any atom is -0.219 e. The average molecular weight is 228 g/mol. The second-order valence-corrected chi connectivity index (χ2v) is 4.70. The van der Waals surface area contributed by atoms with E-state index in [0.29, 0.717) is 5.02 Å². The van der Waals surface area contributed by atoms with E-state index in [9.17, 15) is 8.42 Å². The number of hydrogen-bond acceptors (Lipinski definition) is 3. The third-order valence-corrected chi connectivity index (χ3v) is 3.09. The molecule has 0 amide bonds. The van der Waals surface area contributed by atoms with Gasteiger partial charge in [0.1, 0.15) is 0 Å². The lowest BCUT2D eigenvalue weighted by Gasteiger charge is -1.97. The van der Waals surface area contributed by atoms with Crippen molar-refractivity contribution < 1.29 is 8.42 Å². The highest BCUT2D eigenvalue weighted by Crippen LogP contribution is 2.17. The van der Waals surface area contributed by atoms with E-state index in [1.54, 1.807) is 12.1 Å². The second-order valence-electron chi connectivity index (χ2n) is 2.43. The first-order valence-electron chi connectivity index (χ1n) is 3.63. The SMILES string of the molecule is N#CC=CS(=O)(=O)c1cccc(Cl)c1. The van der Waals surface area contributed by atoms with Crippen LogP contribution in [-0.2, 0) is 9.84 Å². The number of nitrogens with zero attached hydrogens (tertiary/aromatic N) is 1. The van der Waals surface area contributed by atoms with Crippen molar-refractivity contribution in [2.45, 2.75) is 4.90 Å². The molecule has 5 heteroatoms. The summed E-state index contributed by atoms with van der Waals surface area (Å²) >= 11 is 5.63. The summed E-state index contributed by atoms with van der Waals surface area (Å²) in [5, 5.41) is 9.39. The molecule has 0 aromatic heterocycles. The lowest BCUT2D eigenvalue weighted by Crippen LogP contribution is -1.95. The lowest BCUT2D eigenvalue weighted by atomic mass is 10.4. The molecular weight excluding hydrogens is 222 g/mol. The summed E-state index contributed by atoms with van der Waals surface area (Å²) in [4.78, 5) is 0.0801. The van der Waals surface area contributed by atoms with Crippen LogP contribution in [0.5, 0.6) is 0 Å². The van der Waals surface area contributed by atoms with Crippen LogP contribution in [0.25, 0.3) is 0 Å². The Hall–Kier alpha value is -1.31. The monoisotopic (exact) mass is 227 g/mol. The highest BCUT2D eigenvalue weighted by molar-refractivity contribution is 7.94. The number of allylic oxidation sites excluding steroid dienone is 1. The predicted octanol–water partition coefficient (Wildman–Crippen LogP) is 2.15. The molecule has 0 unspecified atom stereocenters. The number of sulfone groups is 1. The minimum atomic E-state index is -3.53. The predicted molar refractivity (Wildman–Crippen MR) is 53.4 cm³/mol. The van der Waals surface area contributed by atoms with Crippen LogP contribution in [0.15, 0.2) is 40.6 Å². The average Bonchev–Trinajstić information content (AvgIpc) is 2.15. The fraction of sp³-hybridized carbons (Fsp3) is 0. The highest BCUT2D eigenvalue weighted by atomic mass is 35.5. The quantitative estimate of drug-likeness (QED) is 0.728. The van der Waals surface area contributed by atoms with Crippen molar-refractivity contribution in [2.24, 2.45) is 0 Å². The highest BCUT2D eigenvalue weighted by Gasteiger charge is 2.09. The Balaban J connectivity index is 3.19. The third kappa shape index (κ3) is 2.59. The van der Waals surface area contributed by atoms with E-state index in [4.69, 9.17) is 16.9 Å². The molecular formula is C9H6ClNO2S. The zero-order chi connectivity index (χ0) is 10.6. The van der Waals surface area contributed by atoms with E-state index >= 15 is 0 Å². The summed E-state index contributed by atoms with van der Waals surface area (Å²) in [6, 6.07) is 7.48. The molecule has 0 saturated heterocycles. The van der Waals surface area contributed by atoms with Crippen molar-refractivity contribution in [3.05, 3.63) is 40.8 Å². The smallest absolute Gasteiger partial charge is 0.200 e. The van der Waals surface area contributed by atoms with Gasteiger partial charge in [0.25, 0.3) is 0 Å². The van der Waals surface area contributed by atoms with Crippen LogP contribution < -0.4 is 0 Å². The van der Waals surface area contributed by atoms with Gasteiger partial charge in [-0.25, -0.2) is 8.42 Å². The molecule has 0 spiro atoms. The van der Waals surface area contributed by atoms with Crippen molar-refractivity contribution in [1.82, 2.24) is 0 Å². The summed E-state index contributed by atoms with van der Waals surface area (Å²) in [7, 11) is -3.53. The molecule has 0 aliphatic carbocycles. The molecule has 0 fully saturated rings. The maximum Gasteiger partial charge on any atom is 0.200 e. The number of rotatable bonds is 2. The topological polar surface area (TPSA) is 57.9 Å². The Morgan fingerprint density at radius 2 is 2.14 bits per heavy atom. The number of halogens is 1. The van der Waals surface area contributed by atoms with E-state index in [1.165, 1.54) is 18.2 Å².